The number of ether oxygens (including phenoxy) is 1. The third kappa shape index (κ3) is 2.68. The van der Waals surface area contributed by atoms with Crippen molar-refractivity contribution in [3.63, 3.8) is 0 Å². The number of piperazine rings is 1. The second kappa shape index (κ2) is 6.12. The first-order valence-electron chi connectivity index (χ1n) is 7.74. The largest absolute Gasteiger partial charge is 0.493 e. The Morgan fingerprint density at radius 2 is 2.05 bits per heavy atom. The number of hydrogen-bond donors (Lipinski definition) is 1. The molecule has 1 saturated heterocycles. The predicted octanol–water partition coefficient (Wildman–Crippen LogP) is 1.26. The summed E-state index contributed by atoms with van der Waals surface area (Å²) in [5, 5.41) is 0. The Balaban J connectivity index is 1.73. The van der Waals surface area contributed by atoms with E-state index in [0.29, 0.717) is 12.6 Å². The standard InChI is InChI=1S/C16H25N3O/c1-2-18-6-8-19(9-7-18)15(12-17)13-3-4-16-14(11-13)5-10-20-16/h3-4,11,15H,2,5-10,12,17H2,1H3. The molecule has 3 rings (SSSR count). The highest BCUT2D eigenvalue weighted by Gasteiger charge is 2.24. The predicted molar refractivity (Wildman–Crippen MR) is 81.1 cm³/mol. The normalized spacial score (nSPS) is 21.5. The molecular weight excluding hydrogens is 250 g/mol. The Kier molecular flexibility index (Phi) is 4.24. The summed E-state index contributed by atoms with van der Waals surface area (Å²) >= 11 is 0. The van der Waals surface area contributed by atoms with Crippen LogP contribution >= 0.6 is 0 Å². The molecule has 0 spiro atoms. The van der Waals surface area contributed by atoms with E-state index in [4.69, 9.17) is 10.5 Å². The van der Waals surface area contributed by atoms with Gasteiger partial charge in [-0.25, -0.2) is 0 Å². The molecule has 0 bridgehead atoms. The lowest BCUT2D eigenvalue weighted by Gasteiger charge is -2.38. The Labute approximate surface area is 121 Å². The fourth-order valence-electron chi connectivity index (χ4n) is 3.30. The molecule has 1 aromatic rings. The Morgan fingerprint density at radius 1 is 1.25 bits per heavy atom. The molecule has 2 aliphatic rings. The van der Waals surface area contributed by atoms with Crippen molar-refractivity contribution in [2.75, 3.05) is 45.9 Å². The number of benzene rings is 1. The minimum absolute atomic E-state index is 0.347. The minimum Gasteiger partial charge on any atom is -0.493 e. The third-order valence-electron chi connectivity index (χ3n) is 4.62. The summed E-state index contributed by atoms with van der Waals surface area (Å²) in [5.74, 6) is 1.06. The highest BCUT2D eigenvalue weighted by Crippen LogP contribution is 2.30. The van der Waals surface area contributed by atoms with Crippen molar-refractivity contribution < 1.29 is 4.74 Å². The highest BCUT2D eigenvalue weighted by molar-refractivity contribution is 5.41. The van der Waals surface area contributed by atoms with Gasteiger partial charge in [0.1, 0.15) is 5.75 Å². The SMILES string of the molecule is CCN1CCN(C(CN)c2ccc3c(c2)CCO3)CC1. The van der Waals surface area contributed by atoms with E-state index in [2.05, 4.69) is 34.9 Å². The Hall–Kier alpha value is -1.10. The van der Waals surface area contributed by atoms with Crippen molar-refractivity contribution >= 4 is 0 Å². The van der Waals surface area contributed by atoms with Gasteiger partial charge in [0.2, 0.25) is 0 Å². The molecule has 20 heavy (non-hydrogen) atoms. The fraction of sp³-hybridized carbons (Fsp3) is 0.625. The third-order valence-corrected chi connectivity index (χ3v) is 4.62. The molecule has 4 nitrogen and oxygen atoms in total. The number of nitrogens with zero attached hydrogens (tertiary/aromatic N) is 2. The van der Waals surface area contributed by atoms with Gasteiger partial charge >= 0.3 is 0 Å². The molecule has 0 aromatic heterocycles. The van der Waals surface area contributed by atoms with Gasteiger partial charge in [0.05, 0.1) is 6.61 Å². The van der Waals surface area contributed by atoms with Crippen LogP contribution in [0.25, 0.3) is 0 Å². The van der Waals surface area contributed by atoms with Crippen LogP contribution in [0.3, 0.4) is 0 Å². The zero-order valence-corrected chi connectivity index (χ0v) is 12.3. The monoisotopic (exact) mass is 275 g/mol. The molecule has 0 amide bonds. The lowest BCUT2D eigenvalue weighted by Crippen LogP contribution is -2.48. The van der Waals surface area contributed by atoms with E-state index in [-0.39, 0.29) is 0 Å². The van der Waals surface area contributed by atoms with Crippen LogP contribution < -0.4 is 10.5 Å². The lowest BCUT2D eigenvalue weighted by molar-refractivity contribution is 0.102. The number of fused-ring (bicyclic) bond motifs is 1. The van der Waals surface area contributed by atoms with Crippen molar-refractivity contribution in [2.24, 2.45) is 5.73 Å². The van der Waals surface area contributed by atoms with E-state index in [1.807, 2.05) is 0 Å². The van der Waals surface area contributed by atoms with E-state index >= 15 is 0 Å². The molecule has 0 radical (unpaired) electrons. The van der Waals surface area contributed by atoms with Gasteiger partial charge in [-0.15, -0.1) is 0 Å². The molecule has 1 fully saturated rings. The van der Waals surface area contributed by atoms with Crippen LogP contribution in [0.5, 0.6) is 5.75 Å². The summed E-state index contributed by atoms with van der Waals surface area (Å²) in [4.78, 5) is 5.03. The molecule has 2 heterocycles. The first kappa shape index (κ1) is 13.9. The van der Waals surface area contributed by atoms with Crippen LogP contribution in [0, 0.1) is 0 Å². The summed E-state index contributed by atoms with van der Waals surface area (Å²) in [5.41, 5.74) is 8.75. The van der Waals surface area contributed by atoms with E-state index in [9.17, 15) is 0 Å². The van der Waals surface area contributed by atoms with Crippen LogP contribution in [0.15, 0.2) is 18.2 Å². The van der Waals surface area contributed by atoms with Crippen molar-refractivity contribution in [2.45, 2.75) is 19.4 Å². The summed E-state index contributed by atoms with van der Waals surface area (Å²) < 4.78 is 5.59. The topological polar surface area (TPSA) is 41.7 Å². The van der Waals surface area contributed by atoms with Gasteiger partial charge in [0.25, 0.3) is 0 Å². The van der Waals surface area contributed by atoms with Crippen LogP contribution in [0.4, 0.5) is 0 Å². The van der Waals surface area contributed by atoms with Crippen molar-refractivity contribution in [3.05, 3.63) is 29.3 Å². The van der Waals surface area contributed by atoms with E-state index in [0.717, 1.165) is 51.5 Å². The average Bonchev–Trinajstić information content (AvgIpc) is 2.96. The first-order valence-corrected chi connectivity index (χ1v) is 7.74. The van der Waals surface area contributed by atoms with Gasteiger partial charge in [-0.2, -0.15) is 0 Å². The second-order valence-electron chi connectivity index (χ2n) is 5.69. The number of hydrogen-bond acceptors (Lipinski definition) is 4. The van der Waals surface area contributed by atoms with Gasteiger partial charge in [-0.3, -0.25) is 4.90 Å². The smallest absolute Gasteiger partial charge is 0.122 e. The molecular formula is C16H25N3O. The summed E-state index contributed by atoms with van der Waals surface area (Å²) in [6.07, 6.45) is 1.03. The quantitative estimate of drug-likeness (QED) is 0.898. The van der Waals surface area contributed by atoms with E-state index in [1.54, 1.807) is 0 Å². The average molecular weight is 275 g/mol. The summed E-state index contributed by atoms with van der Waals surface area (Å²) in [6.45, 7) is 9.43. The van der Waals surface area contributed by atoms with Gasteiger partial charge in [-0.1, -0.05) is 19.1 Å². The lowest BCUT2D eigenvalue weighted by atomic mass is 10.0. The molecule has 1 unspecified atom stereocenters. The van der Waals surface area contributed by atoms with E-state index in [1.165, 1.54) is 11.1 Å². The summed E-state index contributed by atoms with van der Waals surface area (Å²) in [6, 6.07) is 6.95. The number of nitrogens with two attached hydrogens (primary N) is 1. The minimum atomic E-state index is 0.347. The molecule has 110 valence electrons. The maximum absolute atomic E-state index is 6.06. The van der Waals surface area contributed by atoms with Gasteiger partial charge in [0.15, 0.2) is 0 Å². The first-order chi connectivity index (χ1) is 9.81. The van der Waals surface area contributed by atoms with Crippen LogP contribution in [0.2, 0.25) is 0 Å². The molecule has 0 saturated carbocycles. The highest BCUT2D eigenvalue weighted by atomic mass is 16.5. The van der Waals surface area contributed by atoms with E-state index < -0.39 is 0 Å². The van der Waals surface area contributed by atoms with Crippen molar-refractivity contribution in [1.29, 1.82) is 0 Å². The molecule has 0 aliphatic carbocycles. The fourth-order valence-corrected chi connectivity index (χ4v) is 3.30. The zero-order chi connectivity index (χ0) is 13.9. The Bertz CT molecular complexity index is 455. The van der Waals surface area contributed by atoms with Crippen molar-refractivity contribution in [1.82, 2.24) is 9.80 Å². The van der Waals surface area contributed by atoms with Gasteiger partial charge < -0.3 is 15.4 Å². The number of rotatable bonds is 4. The van der Waals surface area contributed by atoms with Crippen LogP contribution in [-0.2, 0) is 6.42 Å². The van der Waals surface area contributed by atoms with Crippen molar-refractivity contribution in [3.8, 4) is 5.75 Å². The van der Waals surface area contributed by atoms with Gasteiger partial charge in [0, 0.05) is 45.2 Å². The van der Waals surface area contributed by atoms with Gasteiger partial charge in [-0.05, 0) is 23.7 Å². The maximum Gasteiger partial charge on any atom is 0.122 e. The molecule has 2 aliphatic heterocycles. The maximum atomic E-state index is 6.06. The molecule has 4 heteroatoms. The number of likely N-dealkylation sites (N-methyl/N-ethyl adjacent to an activating group) is 1. The zero-order valence-electron chi connectivity index (χ0n) is 12.3. The van der Waals surface area contributed by atoms with Crippen LogP contribution in [-0.4, -0.2) is 55.7 Å². The Morgan fingerprint density at radius 3 is 2.75 bits per heavy atom. The molecule has 1 atom stereocenters. The summed E-state index contributed by atoms with van der Waals surface area (Å²) in [7, 11) is 0. The van der Waals surface area contributed by atoms with Crippen LogP contribution in [0.1, 0.15) is 24.1 Å². The molecule has 1 aromatic carbocycles. The molecule has 2 N–H and O–H groups in total. The second-order valence-corrected chi connectivity index (χ2v) is 5.69.